The molecule has 0 saturated carbocycles. The monoisotopic (exact) mass is 237 g/mol. The first-order chi connectivity index (χ1) is 7.76. The number of nitrogens with two attached hydrogens (primary N) is 1. The van der Waals surface area contributed by atoms with Gasteiger partial charge < -0.3 is 10.6 Å². The molecule has 0 aliphatic carbocycles. The van der Waals surface area contributed by atoms with Gasteiger partial charge in [-0.25, -0.2) is 0 Å². The summed E-state index contributed by atoms with van der Waals surface area (Å²) in [6, 6.07) is 2.60. The van der Waals surface area contributed by atoms with E-state index in [0.717, 1.165) is 19.5 Å². The summed E-state index contributed by atoms with van der Waals surface area (Å²) in [5.74, 6) is 0. The lowest BCUT2D eigenvalue weighted by Crippen LogP contribution is -2.44. The molecule has 0 bridgehead atoms. The van der Waals surface area contributed by atoms with Crippen LogP contribution in [-0.4, -0.2) is 29.6 Å². The topological polar surface area (TPSA) is 53.1 Å². The molecule has 1 heterocycles. The number of nitriles is 1. The molecule has 3 heteroatoms. The van der Waals surface area contributed by atoms with Crippen molar-refractivity contribution in [2.45, 2.75) is 65.0 Å². The van der Waals surface area contributed by atoms with Crippen LogP contribution in [0.3, 0.4) is 0 Å². The number of likely N-dealkylation sites (tertiary alicyclic amines) is 1. The highest BCUT2D eigenvalue weighted by Crippen LogP contribution is 2.31. The van der Waals surface area contributed by atoms with Crippen molar-refractivity contribution in [3.63, 3.8) is 0 Å². The highest BCUT2D eigenvalue weighted by Gasteiger charge is 2.28. The second-order valence-corrected chi connectivity index (χ2v) is 6.64. The maximum atomic E-state index is 8.99. The second kappa shape index (κ2) is 5.37. The molecule has 0 aromatic rings. The molecule has 1 saturated heterocycles. The van der Waals surface area contributed by atoms with Crippen molar-refractivity contribution in [2.75, 3.05) is 13.1 Å². The molecule has 0 spiro atoms. The van der Waals surface area contributed by atoms with Gasteiger partial charge in [-0.1, -0.05) is 13.8 Å². The predicted molar refractivity (Wildman–Crippen MR) is 71.5 cm³/mol. The van der Waals surface area contributed by atoms with E-state index >= 15 is 0 Å². The van der Waals surface area contributed by atoms with E-state index in [1.807, 2.05) is 6.92 Å². The summed E-state index contributed by atoms with van der Waals surface area (Å²) >= 11 is 0. The Morgan fingerprint density at radius 3 is 2.65 bits per heavy atom. The van der Waals surface area contributed by atoms with E-state index in [1.54, 1.807) is 0 Å². The number of nitrogens with zero attached hydrogens (tertiary/aromatic N) is 2. The average molecular weight is 237 g/mol. The Balaban J connectivity index is 2.53. The molecule has 1 aliphatic heterocycles. The lowest BCUT2D eigenvalue weighted by Gasteiger charge is -2.31. The molecular formula is C14H27N3. The van der Waals surface area contributed by atoms with Crippen LogP contribution in [0.2, 0.25) is 0 Å². The SMILES string of the molecule is CC(CC(C)(N)C#N)N1CCCC(C)(C)CC1. The van der Waals surface area contributed by atoms with E-state index in [1.165, 1.54) is 19.3 Å². The largest absolute Gasteiger partial charge is 0.314 e. The first-order valence-corrected chi connectivity index (χ1v) is 6.70. The van der Waals surface area contributed by atoms with Gasteiger partial charge in [0.1, 0.15) is 5.54 Å². The standard InChI is InChI=1S/C14H27N3/c1-12(10-14(4,16)11-15)17-8-5-6-13(2,3)7-9-17/h12H,5-10,16H2,1-4H3. The first kappa shape index (κ1) is 14.5. The Morgan fingerprint density at radius 2 is 2.06 bits per heavy atom. The molecule has 2 unspecified atom stereocenters. The molecule has 1 rings (SSSR count). The summed E-state index contributed by atoms with van der Waals surface area (Å²) in [7, 11) is 0. The Bertz CT molecular complexity index is 288. The van der Waals surface area contributed by atoms with Crippen molar-refractivity contribution < 1.29 is 0 Å². The normalized spacial score (nSPS) is 26.6. The Labute approximate surface area is 106 Å². The van der Waals surface area contributed by atoms with Gasteiger partial charge in [0.05, 0.1) is 6.07 Å². The quantitative estimate of drug-likeness (QED) is 0.820. The third-order valence-electron chi connectivity index (χ3n) is 3.97. The van der Waals surface area contributed by atoms with Gasteiger partial charge in [-0.3, -0.25) is 0 Å². The minimum Gasteiger partial charge on any atom is -0.314 e. The minimum absolute atomic E-state index is 0.401. The minimum atomic E-state index is -0.693. The molecule has 98 valence electrons. The molecular weight excluding hydrogens is 210 g/mol. The van der Waals surface area contributed by atoms with Crippen LogP contribution in [0.4, 0.5) is 0 Å². The summed E-state index contributed by atoms with van der Waals surface area (Å²) in [4.78, 5) is 2.50. The molecule has 2 atom stereocenters. The lowest BCUT2D eigenvalue weighted by molar-refractivity contribution is 0.184. The van der Waals surface area contributed by atoms with E-state index in [2.05, 4.69) is 31.7 Å². The average Bonchev–Trinajstić information content (AvgIpc) is 2.39. The van der Waals surface area contributed by atoms with Gasteiger partial charge >= 0.3 is 0 Å². The fraction of sp³-hybridized carbons (Fsp3) is 0.929. The summed E-state index contributed by atoms with van der Waals surface area (Å²) < 4.78 is 0. The molecule has 3 nitrogen and oxygen atoms in total. The van der Waals surface area contributed by atoms with Crippen LogP contribution >= 0.6 is 0 Å². The van der Waals surface area contributed by atoms with Gasteiger partial charge in [-0.15, -0.1) is 0 Å². The summed E-state index contributed by atoms with van der Waals surface area (Å²) in [5, 5.41) is 8.99. The number of hydrogen-bond donors (Lipinski definition) is 1. The van der Waals surface area contributed by atoms with Crippen LogP contribution in [-0.2, 0) is 0 Å². The molecule has 2 N–H and O–H groups in total. The highest BCUT2D eigenvalue weighted by atomic mass is 15.2. The Hall–Kier alpha value is -0.590. The zero-order valence-electron chi connectivity index (χ0n) is 11.8. The van der Waals surface area contributed by atoms with Crippen LogP contribution in [0.15, 0.2) is 0 Å². The number of hydrogen-bond acceptors (Lipinski definition) is 3. The first-order valence-electron chi connectivity index (χ1n) is 6.70. The van der Waals surface area contributed by atoms with E-state index in [9.17, 15) is 0 Å². The smallest absolute Gasteiger partial charge is 0.102 e. The van der Waals surface area contributed by atoms with E-state index in [0.29, 0.717) is 11.5 Å². The summed E-state index contributed by atoms with van der Waals surface area (Å²) in [6.45, 7) is 11.0. The molecule has 0 aromatic heterocycles. The zero-order chi connectivity index (χ0) is 13.1. The summed E-state index contributed by atoms with van der Waals surface area (Å²) in [5.41, 5.74) is 5.70. The van der Waals surface area contributed by atoms with Gasteiger partial charge in [-0.05, 0) is 58.0 Å². The van der Waals surface area contributed by atoms with Crippen molar-refractivity contribution >= 4 is 0 Å². The fourth-order valence-corrected chi connectivity index (χ4v) is 2.67. The Kier molecular flexibility index (Phi) is 4.57. The third-order valence-corrected chi connectivity index (χ3v) is 3.97. The maximum Gasteiger partial charge on any atom is 0.102 e. The van der Waals surface area contributed by atoms with Gasteiger partial charge in [0.15, 0.2) is 0 Å². The van der Waals surface area contributed by atoms with Crippen molar-refractivity contribution in [3.05, 3.63) is 0 Å². The Morgan fingerprint density at radius 1 is 1.41 bits per heavy atom. The highest BCUT2D eigenvalue weighted by molar-refractivity contribution is 5.02. The maximum absolute atomic E-state index is 8.99. The molecule has 17 heavy (non-hydrogen) atoms. The van der Waals surface area contributed by atoms with Crippen LogP contribution in [0.25, 0.3) is 0 Å². The van der Waals surface area contributed by atoms with Crippen molar-refractivity contribution in [2.24, 2.45) is 11.1 Å². The van der Waals surface area contributed by atoms with E-state index < -0.39 is 5.54 Å². The van der Waals surface area contributed by atoms with Gasteiger partial charge in [0.25, 0.3) is 0 Å². The fourth-order valence-electron chi connectivity index (χ4n) is 2.67. The predicted octanol–water partition coefficient (Wildman–Crippen LogP) is 2.52. The van der Waals surface area contributed by atoms with E-state index in [4.69, 9.17) is 11.0 Å². The van der Waals surface area contributed by atoms with Crippen LogP contribution in [0.1, 0.15) is 53.4 Å². The second-order valence-electron chi connectivity index (χ2n) is 6.64. The van der Waals surface area contributed by atoms with Gasteiger partial charge in [-0.2, -0.15) is 5.26 Å². The lowest BCUT2D eigenvalue weighted by atomic mass is 9.85. The van der Waals surface area contributed by atoms with Crippen LogP contribution in [0.5, 0.6) is 0 Å². The van der Waals surface area contributed by atoms with Crippen molar-refractivity contribution in [1.29, 1.82) is 5.26 Å². The van der Waals surface area contributed by atoms with Crippen LogP contribution < -0.4 is 5.73 Å². The molecule has 0 radical (unpaired) electrons. The van der Waals surface area contributed by atoms with Gasteiger partial charge in [0.2, 0.25) is 0 Å². The molecule has 1 fully saturated rings. The zero-order valence-corrected chi connectivity index (χ0v) is 11.8. The molecule has 0 aromatic carbocycles. The molecule has 0 amide bonds. The van der Waals surface area contributed by atoms with Crippen LogP contribution in [0, 0.1) is 16.7 Å². The summed E-state index contributed by atoms with van der Waals surface area (Å²) in [6.07, 6.45) is 4.55. The van der Waals surface area contributed by atoms with Gasteiger partial charge in [0, 0.05) is 6.04 Å². The van der Waals surface area contributed by atoms with Crippen molar-refractivity contribution in [1.82, 2.24) is 4.90 Å². The third kappa shape index (κ3) is 4.65. The van der Waals surface area contributed by atoms with Crippen molar-refractivity contribution in [3.8, 4) is 6.07 Å². The number of rotatable bonds is 3. The molecule has 1 aliphatic rings. The van der Waals surface area contributed by atoms with E-state index in [-0.39, 0.29) is 0 Å².